The molecular formula is C11H12ClNO4. The Bertz CT molecular complexity index is 441. The number of carbonyl (C=O) groups is 1. The molecule has 0 aromatic heterocycles. The Balaban J connectivity index is 2.20. The lowest BCUT2D eigenvalue weighted by Crippen LogP contribution is -2.29. The van der Waals surface area contributed by atoms with E-state index in [0.29, 0.717) is 5.02 Å². The van der Waals surface area contributed by atoms with Crippen molar-refractivity contribution in [3.8, 4) is 5.75 Å². The molecule has 1 aromatic rings. The first-order valence-corrected chi connectivity index (χ1v) is 5.51. The van der Waals surface area contributed by atoms with Gasteiger partial charge in [0.15, 0.2) is 0 Å². The Morgan fingerprint density at radius 1 is 1.29 bits per heavy atom. The third kappa shape index (κ3) is 2.36. The molecule has 0 saturated carbocycles. The number of aromatic hydroxyl groups is 1. The number of halogens is 1. The first kappa shape index (κ1) is 12.2. The number of benzene rings is 1. The van der Waals surface area contributed by atoms with Gasteiger partial charge < -0.3 is 20.2 Å². The Hall–Kier alpha value is -1.30. The Morgan fingerprint density at radius 3 is 2.41 bits per heavy atom. The SMILES string of the molecule is O=C(c1ccc(Cl)cc1O)N1CC(O)C(O)C1. The minimum absolute atomic E-state index is 0.0576. The van der Waals surface area contributed by atoms with Gasteiger partial charge in [0.05, 0.1) is 17.8 Å². The molecule has 0 spiro atoms. The van der Waals surface area contributed by atoms with Crippen LogP contribution in [0.3, 0.4) is 0 Å². The van der Waals surface area contributed by atoms with Crippen molar-refractivity contribution >= 4 is 17.5 Å². The molecule has 1 aliphatic heterocycles. The van der Waals surface area contributed by atoms with Crippen molar-refractivity contribution in [1.82, 2.24) is 4.90 Å². The van der Waals surface area contributed by atoms with E-state index in [2.05, 4.69) is 0 Å². The molecule has 2 unspecified atom stereocenters. The van der Waals surface area contributed by atoms with Crippen LogP contribution in [0.2, 0.25) is 5.02 Å². The van der Waals surface area contributed by atoms with Gasteiger partial charge in [-0.25, -0.2) is 0 Å². The van der Waals surface area contributed by atoms with Crippen molar-refractivity contribution in [3.05, 3.63) is 28.8 Å². The molecule has 17 heavy (non-hydrogen) atoms. The molecule has 1 heterocycles. The van der Waals surface area contributed by atoms with Crippen molar-refractivity contribution in [3.63, 3.8) is 0 Å². The van der Waals surface area contributed by atoms with Crippen LogP contribution in [0.25, 0.3) is 0 Å². The van der Waals surface area contributed by atoms with Crippen molar-refractivity contribution in [1.29, 1.82) is 0 Å². The van der Waals surface area contributed by atoms with E-state index >= 15 is 0 Å². The van der Waals surface area contributed by atoms with Crippen LogP contribution in [0.1, 0.15) is 10.4 Å². The number of likely N-dealkylation sites (tertiary alicyclic amines) is 1. The lowest BCUT2D eigenvalue weighted by atomic mass is 10.2. The molecular weight excluding hydrogens is 246 g/mol. The fourth-order valence-corrected chi connectivity index (χ4v) is 1.96. The van der Waals surface area contributed by atoms with E-state index < -0.39 is 18.1 Å². The molecule has 6 heteroatoms. The summed E-state index contributed by atoms with van der Waals surface area (Å²) in [5, 5.41) is 28.6. The van der Waals surface area contributed by atoms with Gasteiger partial charge in [0.1, 0.15) is 5.75 Å². The monoisotopic (exact) mass is 257 g/mol. The van der Waals surface area contributed by atoms with Crippen molar-refractivity contribution in [2.45, 2.75) is 12.2 Å². The maximum atomic E-state index is 12.0. The molecule has 92 valence electrons. The van der Waals surface area contributed by atoms with Gasteiger partial charge in [-0.3, -0.25) is 4.79 Å². The largest absolute Gasteiger partial charge is 0.507 e. The molecule has 3 N–H and O–H groups in total. The number of aliphatic hydroxyl groups is 2. The van der Waals surface area contributed by atoms with Crippen LogP contribution in [0.4, 0.5) is 0 Å². The number of rotatable bonds is 1. The maximum absolute atomic E-state index is 12.0. The molecule has 5 nitrogen and oxygen atoms in total. The number of hydrogen-bond donors (Lipinski definition) is 3. The molecule has 0 bridgehead atoms. The number of phenolic OH excluding ortho intramolecular Hbond substituents is 1. The Labute approximate surface area is 103 Å². The highest BCUT2D eigenvalue weighted by Crippen LogP contribution is 2.24. The van der Waals surface area contributed by atoms with Crippen LogP contribution in [0.15, 0.2) is 18.2 Å². The number of carbonyl (C=O) groups excluding carboxylic acids is 1. The fourth-order valence-electron chi connectivity index (χ4n) is 1.79. The molecule has 0 aliphatic carbocycles. The summed E-state index contributed by atoms with van der Waals surface area (Å²) in [6.45, 7) is 0.115. The summed E-state index contributed by atoms with van der Waals surface area (Å²) >= 11 is 5.66. The second-order valence-electron chi connectivity index (χ2n) is 4.01. The second-order valence-corrected chi connectivity index (χ2v) is 4.44. The van der Waals surface area contributed by atoms with Crippen molar-refractivity contribution < 1.29 is 20.1 Å². The molecule has 2 atom stereocenters. The topological polar surface area (TPSA) is 81.0 Å². The summed E-state index contributed by atoms with van der Waals surface area (Å²) < 4.78 is 0. The number of hydrogen-bond acceptors (Lipinski definition) is 4. The minimum Gasteiger partial charge on any atom is -0.507 e. The van der Waals surface area contributed by atoms with Crippen molar-refractivity contribution in [2.24, 2.45) is 0 Å². The molecule has 1 saturated heterocycles. The molecule has 1 aromatic carbocycles. The number of phenols is 1. The predicted octanol–water partition coefficient (Wildman–Crippen LogP) is 0.223. The van der Waals surface area contributed by atoms with Gasteiger partial charge in [0.2, 0.25) is 0 Å². The normalized spacial score (nSPS) is 24.1. The smallest absolute Gasteiger partial charge is 0.257 e. The van der Waals surface area contributed by atoms with E-state index in [9.17, 15) is 20.1 Å². The number of aliphatic hydroxyl groups excluding tert-OH is 2. The highest BCUT2D eigenvalue weighted by molar-refractivity contribution is 6.30. The molecule has 1 aliphatic rings. The molecule has 2 rings (SSSR count). The van der Waals surface area contributed by atoms with Gasteiger partial charge in [-0.05, 0) is 18.2 Å². The fraction of sp³-hybridized carbons (Fsp3) is 0.364. The highest BCUT2D eigenvalue weighted by atomic mass is 35.5. The Morgan fingerprint density at radius 2 is 1.88 bits per heavy atom. The van der Waals surface area contributed by atoms with E-state index in [-0.39, 0.29) is 24.4 Å². The molecule has 1 amide bonds. The third-order valence-corrected chi connectivity index (χ3v) is 2.97. The van der Waals surface area contributed by atoms with Crippen LogP contribution < -0.4 is 0 Å². The third-order valence-electron chi connectivity index (χ3n) is 2.74. The second kappa shape index (κ2) is 4.52. The lowest BCUT2D eigenvalue weighted by Gasteiger charge is -2.16. The first-order valence-electron chi connectivity index (χ1n) is 5.13. The number of β-amino-alcohol motifs (C(OH)–C–C–N with tert-alkyl or cyclic N) is 2. The van der Waals surface area contributed by atoms with Crippen LogP contribution >= 0.6 is 11.6 Å². The molecule has 1 fully saturated rings. The zero-order valence-electron chi connectivity index (χ0n) is 8.88. The highest BCUT2D eigenvalue weighted by Gasteiger charge is 2.33. The first-order chi connectivity index (χ1) is 7.99. The zero-order valence-corrected chi connectivity index (χ0v) is 9.63. The summed E-state index contributed by atoms with van der Waals surface area (Å²) in [7, 11) is 0. The van der Waals surface area contributed by atoms with E-state index in [1.54, 1.807) is 0 Å². The van der Waals surface area contributed by atoms with Gasteiger partial charge >= 0.3 is 0 Å². The maximum Gasteiger partial charge on any atom is 0.257 e. The standard InChI is InChI=1S/C11H12ClNO4/c12-6-1-2-7(8(14)3-6)11(17)13-4-9(15)10(16)5-13/h1-3,9-10,14-16H,4-5H2. The average molecular weight is 258 g/mol. The summed E-state index contributed by atoms with van der Waals surface area (Å²) in [4.78, 5) is 13.3. The summed E-state index contributed by atoms with van der Waals surface area (Å²) in [6.07, 6.45) is -1.87. The van der Waals surface area contributed by atoms with Gasteiger partial charge in [0.25, 0.3) is 5.91 Å². The van der Waals surface area contributed by atoms with E-state index in [1.165, 1.54) is 23.1 Å². The molecule has 0 radical (unpaired) electrons. The van der Waals surface area contributed by atoms with E-state index in [1.807, 2.05) is 0 Å². The summed E-state index contributed by atoms with van der Waals surface area (Å²) in [5.74, 6) is -0.645. The van der Waals surface area contributed by atoms with Gasteiger partial charge in [-0.15, -0.1) is 0 Å². The van der Waals surface area contributed by atoms with E-state index in [4.69, 9.17) is 11.6 Å². The van der Waals surface area contributed by atoms with E-state index in [0.717, 1.165) is 0 Å². The summed E-state index contributed by atoms with van der Waals surface area (Å²) in [6, 6.07) is 4.19. The van der Waals surface area contributed by atoms with Gasteiger partial charge in [-0.2, -0.15) is 0 Å². The quantitative estimate of drug-likeness (QED) is 0.672. The van der Waals surface area contributed by atoms with Gasteiger partial charge in [0, 0.05) is 18.1 Å². The van der Waals surface area contributed by atoms with Gasteiger partial charge in [-0.1, -0.05) is 11.6 Å². The number of amides is 1. The van der Waals surface area contributed by atoms with Crippen LogP contribution in [0.5, 0.6) is 5.75 Å². The predicted molar refractivity (Wildman–Crippen MR) is 61.0 cm³/mol. The zero-order chi connectivity index (χ0) is 12.6. The number of nitrogens with zero attached hydrogens (tertiary/aromatic N) is 1. The van der Waals surface area contributed by atoms with Crippen LogP contribution in [-0.4, -0.2) is 51.4 Å². The van der Waals surface area contributed by atoms with Crippen LogP contribution in [-0.2, 0) is 0 Å². The summed E-state index contributed by atoms with van der Waals surface area (Å²) in [5.41, 5.74) is 0.107. The minimum atomic E-state index is -0.937. The van der Waals surface area contributed by atoms with Crippen molar-refractivity contribution in [2.75, 3.05) is 13.1 Å². The Kier molecular flexibility index (Phi) is 3.24. The average Bonchev–Trinajstić information content (AvgIpc) is 2.58. The lowest BCUT2D eigenvalue weighted by molar-refractivity contribution is 0.0572. The van der Waals surface area contributed by atoms with Crippen LogP contribution in [0, 0.1) is 0 Å².